The van der Waals surface area contributed by atoms with Gasteiger partial charge in [-0.15, -0.1) is 5.10 Å². The standard InChI is InChI=1S/C19H15Cl2N4S/c1-2-12-4-3-5-14(8-12)17-11-23-19-25(17)24-18(26-19)22-10-13-6-7-15(20)16(21)9-13/h2-9,11H,10H2,1H3,(H,22,24). The van der Waals surface area contributed by atoms with Gasteiger partial charge < -0.3 is 5.32 Å². The van der Waals surface area contributed by atoms with Crippen LogP contribution in [0.1, 0.15) is 18.1 Å². The maximum absolute atomic E-state index is 6.07. The van der Waals surface area contributed by atoms with Gasteiger partial charge in [0.1, 0.15) is 0 Å². The van der Waals surface area contributed by atoms with Gasteiger partial charge in [-0.1, -0.05) is 65.7 Å². The molecule has 0 fully saturated rings. The second kappa shape index (κ2) is 7.27. The van der Waals surface area contributed by atoms with Crippen LogP contribution in [0.15, 0.2) is 48.7 Å². The molecule has 0 aliphatic carbocycles. The van der Waals surface area contributed by atoms with Crippen LogP contribution in [0.4, 0.5) is 5.13 Å². The molecular formula is C19H15Cl2N4S. The van der Waals surface area contributed by atoms with Crippen molar-refractivity contribution in [2.75, 3.05) is 5.32 Å². The highest BCUT2D eigenvalue weighted by atomic mass is 35.5. The van der Waals surface area contributed by atoms with Crippen molar-refractivity contribution in [3.8, 4) is 11.3 Å². The van der Waals surface area contributed by atoms with Crippen molar-refractivity contribution in [3.63, 3.8) is 0 Å². The van der Waals surface area contributed by atoms with Gasteiger partial charge >= 0.3 is 0 Å². The molecule has 2 aromatic carbocycles. The van der Waals surface area contributed by atoms with Crippen LogP contribution in [-0.2, 0) is 6.54 Å². The van der Waals surface area contributed by atoms with Gasteiger partial charge in [-0.05, 0) is 35.7 Å². The second-order valence-corrected chi connectivity index (χ2v) is 7.53. The van der Waals surface area contributed by atoms with E-state index in [1.807, 2.05) is 35.8 Å². The summed E-state index contributed by atoms with van der Waals surface area (Å²) in [5.41, 5.74) is 4.28. The number of rotatable bonds is 5. The van der Waals surface area contributed by atoms with Crippen LogP contribution < -0.4 is 5.32 Å². The number of nitrogens with zero attached hydrogens (tertiary/aromatic N) is 3. The number of imidazole rings is 1. The fraction of sp³-hybridized carbons (Fsp3) is 0.105. The van der Waals surface area contributed by atoms with E-state index in [4.69, 9.17) is 23.2 Å². The largest absolute Gasteiger partial charge is 0.356 e. The quantitative estimate of drug-likeness (QED) is 0.449. The number of anilines is 1. The van der Waals surface area contributed by atoms with E-state index in [0.717, 1.165) is 26.9 Å². The number of hydrogen-bond donors (Lipinski definition) is 1. The Kier molecular flexibility index (Phi) is 4.85. The zero-order chi connectivity index (χ0) is 18.1. The molecular weight excluding hydrogens is 387 g/mol. The van der Waals surface area contributed by atoms with Crippen LogP contribution in [0.3, 0.4) is 0 Å². The Hall–Kier alpha value is -2.08. The van der Waals surface area contributed by atoms with Crippen LogP contribution in [0.2, 0.25) is 10.0 Å². The molecule has 0 amide bonds. The van der Waals surface area contributed by atoms with E-state index in [2.05, 4.69) is 40.0 Å². The minimum Gasteiger partial charge on any atom is -0.356 e. The number of hydrogen-bond acceptors (Lipinski definition) is 4. The topological polar surface area (TPSA) is 42.2 Å². The molecule has 2 heterocycles. The minimum atomic E-state index is 0.551. The molecule has 7 heteroatoms. The molecule has 4 nitrogen and oxygen atoms in total. The van der Waals surface area contributed by atoms with E-state index < -0.39 is 0 Å². The molecule has 0 aliphatic rings. The number of aromatic nitrogens is 3. The van der Waals surface area contributed by atoms with Gasteiger partial charge in [0, 0.05) is 12.1 Å². The average Bonchev–Trinajstić information content (AvgIpc) is 3.23. The van der Waals surface area contributed by atoms with Crippen LogP contribution in [0.25, 0.3) is 16.2 Å². The Balaban J connectivity index is 1.58. The van der Waals surface area contributed by atoms with Crippen molar-refractivity contribution < 1.29 is 0 Å². The molecule has 0 saturated carbocycles. The maximum Gasteiger partial charge on any atom is 0.214 e. The molecule has 4 rings (SSSR count). The Morgan fingerprint density at radius 2 is 2.04 bits per heavy atom. The van der Waals surface area contributed by atoms with Crippen molar-refractivity contribution in [2.45, 2.75) is 13.5 Å². The van der Waals surface area contributed by atoms with E-state index in [1.54, 1.807) is 6.07 Å². The number of nitrogens with one attached hydrogen (secondary N) is 1. The molecule has 0 spiro atoms. The van der Waals surface area contributed by atoms with E-state index >= 15 is 0 Å². The summed E-state index contributed by atoms with van der Waals surface area (Å²) in [6, 6.07) is 13.9. The molecule has 2 aromatic heterocycles. The third kappa shape index (κ3) is 3.43. The highest BCUT2D eigenvalue weighted by Gasteiger charge is 2.12. The summed E-state index contributed by atoms with van der Waals surface area (Å²) < 4.78 is 1.87. The molecule has 0 aliphatic heterocycles. The van der Waals surface area contributed by atoms with E-state index in [1.165, 1.54) is 16.9 Å². The van der Waals surface area contributed by atoms with E-state index in [9.17, 15) is 0 Å². The lowest BCUT2D eigenvalue weighted by molar-refractivity contribution is 0.968. The molecule has 131 valence electrons. The molecule has 26 heavy (non-hydrogen) atoms. The predicted molar refractivity (Wildman–Crippen MR) is 109 cm³/mol. The van der Waals surface area contributed by atoms with Gasteiger partial charge in [0.25, 0.3) is 0 Å². The van der Waals surface area contributed by atoms with Crippen molar-refractivity contribution in [1.82, 2.24) is 14.6 Å². The third-order valence-electron chi connectivity index (χ3n) is 4.03. The summed E-state index contributed by atoms with van der Waals surface area (Å²) in [4.78, 5) is 5.33. The van der Waals surface area contributed by atoms with Gasteiger partial charge in [-0.2, -0.15) is 0 Å². The third-order valence-corrected chi connectivity index (χ3v) is 5.65. The van der Waals surface area contributed by atoms with Gasteiger partial charge in [-0.3, -0.25) is 0 Å². The first-order valence-corrected chi connectivity index (χ1v) is 9.63. The molecule has 1 radical (unpaired) electrons. The molecule has 1 N–H and O–H groups in total. The molecule has 0 unspecified atom stereocenters. The molecule has 0 saturated heterocycles. The van der Waals surface area contributed by atoms with Gasteiger partial charge in [0.05, 0.1) is 21.9 Å². The lowest BCUT2D eigenvalue weighted by Crippen LogP contribution is -2.00. The highest BCUT2D eigenvalue weighted by Crippen LogP contribution is 2.28. The minimum absolute atomic E-state index is 0.551. The summed E-state index contributed by atoms with van der Waals surface area (Å²) in [6.07, 6.45) is 3.93. The fourth-order valence-corrected chi connectivity index (χ4v) is 3.76. The summed E-state index contributed by atoms with van der Waals surface area (Å²) in [7, 11) is 0. The Morgan fingerprint density at radius 3 is 2.85 bits per heavy atom. The first-order valence-electron chi connectivity index (χ1n) is 8.06. The first kappa shape index (κ1) is 17.3. The Bertz CT molecular complexity index is 1070. The normalized spacial score (nSPS) is 11.2. The molecule has 0 atom stereocenters. The van der Waals surface area contributed by atoms with Gasteiger partial charge in [0.2, 0.25) is 10.1 Å². The van der Waals surface area contributed by atoms with Gasteiger partial charge in [-0.25, -0.2) is 9.50 Å². The smallest absolute Gasteiger partial charge is 0.214 e. The van der Waals surface area contributed by atoms with Crippen molar-refractivity contribution in [1.29, 1.82) is 0 Å². The van der Waals surface area contributed by atoms with Crippen LogP contribution in [-0.4, -0.2) is 14.6 Å². The summed E-state index contributed by atoms with van der Waals surface area (Å²) in [5.74, 6) is 0. The summed E-state index contributed by atoms with van der Waals surface area (Å²) >= 11 is 13.5. The zero-order valence-corrected chi connectivity index (χ0v) is 16.2. The van der Waals surface area contributed by atoms with Crippen molar-refractivity contribution in [3.05, 3.63) is 76.3 Å². The van der Waals surface area contributed by atoms with E-state index in [-0.39, 0.29) is 0 Å². The predicted octanol–water partition coefficient (Wildman–Crippen LogP) is 5.95. The van der Waals surface area contributed by atoms with Gasteiger partial charge in [0.15, 0.2) is 0 Å². The number of fused-ring (bicyclic) bond motifs is 1. The van der Waals surface area contributed by atoms with Crippen LogP contribution in [0, 0.1) is 6.42 Å². The SMILES string of the molecule is C[CH]c1cccc(-c2cnc3sc(NCc4ccc(Cl)c(Cl)c4)nn23)c1. The lowest BCUT2D eigenvalue weighted by Gasteiger charge is -2.04. The number of halogens is 2. The second-order valence-electron chi connectivity index (χ2n) is 5.76. The Labute approximate surface area is 165 Å². The van der Waals surface area contributed by atoms with Crippen molar-refractivity contribution in [2.24, 2.45) is 0 Å². The van der Waals surface area contributed by atoms with Crippen molar-refractivity contribution >= 4 is 44.6 Å². The lowest BCUT2D eigenvalue weighted by atomic mass is 10.1. The summed E-state index contributed by atoms with van der Waals surface area (Å²) in [5, 5.41) is 9.88. The highest BCUT2D eigenvalue weighted by molar-refractivity contribution is 7.20. The first-order chi connectivity index (χ1) is 12.6. The molecule has 4 aromatic rings. The van der Waals surface area contributed by atoms with Crippen LogP contribution in [0.5, 0.6) is 0 Å². The zero-order valence-electron chi connectivity index (χ0n) is 13.9. The average molecular weight is 402 g/mol. The maximum atomic E-state index is 6.07. The fourth-order valence-electron chi connectivity index (χ4n) is 2.67. The monoisotopic (exact) mass is 401 g/mol. The molecule has 0 bridgehead atoms. The van der Waals surface area contributed by atoms with E-state index in [0.29, 0.717) is 16.6 Å². The summed E-state index contributed by atoms with van der Waals surface area (Å²) in [6.45, 7) is 2.64. The Morgan fingerprint density at radius 1 is 1.15 bits per heavy atom. The van der Waals surface area contributed by atoms with Crippen LogP contribution >= 0.6 is 34.5 Å². The number of benzene rings is 2.